The highest BCUT2D eigenvalue weighted by molar-refractivity contribution is 7.13. The zero-order valence-electron chi connectivity index (χ0n) is 10.8. The Morgan fingerprint density at radius 1 is 1.53 bits per heavy atom. The third kappa shape index (κ3) is 3.44. The summed E-state index contributed by atoms with van der Waals surface area (Å²) in [6.45, 7) is 1.96. The molecule has 0 bridgehead atoms. The fourth-order valence-electron chi connectivity index (χ4n) is 2.14. The molecule has 7 heteroatoms. The van der Waals surface area contributed by atoms with Crippen LogP contribution in [0, 0.1) is 0 Å². The number of thiazole rings is 1. The molecule has 0 atom stereocenters. The fraction of sp³-hybridized carbons (Fsp3) is 0.583. The van der Waals surface area contributed by atoms with E-state index in [1.54, 1.807) is 5.38 Å². The van der Waals surface area contributed by atoms with Crippen molar-refractivity contribution in [3.8, 4) is 0 Å². The molecule has 0 aromatic carbocycles. The molecule has 2 rings (SSSR count). The van der Waals surface area contributed by atoms with Crippen molar-refractivity contribution in [2.45, 2.75) is 44.6 Å². The van der Waals surface area contributed by atoms with Crippen molar-refractivity contribution < 1.29 is 14.7 Å². The number of nitrogens with zero attached hydrogens (tertiary/aromatic N) is 2. The maximum absolute atomic E-state index is 11.2. The normalized spacial score (nSPS) is 19.1. The number of rotatable bonds is 4. The number of carboxylic acid groups (broad SMARTS) is 1. The number of carbonyl (C=O) groups is 1. The van der Waals surface area contributed by atoms with Gasteiger partial charge in [0.1, 0.15) is 11.3 Å². The van der Waals surface area contributed by atoms with E-state index in [2.05, 4.69) is 10.1 Å². The Balaban J connectivity index is 2.15. The van der Waals surface area contributed by atoms with Crippen LogP contribution in [-0.4, -0.2) is 27.4 Å². The van der Waals surface area contributed by atoms with Crippen LogP contribution >= 0.6 is 11.3 Å². The van der Waals surface area contributed by atoms with Crippen LogP contribution in [0.4, 0.5) is 5.13 Å². The first-order valence-corrected chi connectivity index (χ1v) is 7.09. The Morgan fingerprint density at radius 3 is 2.74 bits per heavy atom. The first-order valence-electron chi connectivity index (χ1n) is 6.21. The summed E-state index contributed by atoms with van der Waals surface area (Å²) in [5.74, 6) is -1.16. The van der Waals surface area contributed by atoms with Crippen LogP contribution in [0.3, 0.4) is 0 Å². The fourth-order valence-corrected chi connectivity index (χ4v) is 2.69. The second-order valence-corrected chi connectivity index (χ2v) is 5.81. The Morgan fingerprint density at radius 2 is 2.21 bits per heavy atom. The van der Waals surface area contributed by atoms with Gasteiger partial charge in [-0.2, -0.15) is 0 Å². The minimum Gasteiger partial charge on any atom is -0.476 e. The molecule has 1 fully saturated rings. The second kappa shape index (κ2) is 5.56. The molecule has 19 heavy (non-hydrogen) atoms. The zero-order chi connectivity index (χ0) is 13.9. The van der Waals surface area contributed by atoms with E-state index in [4.69, 9.17) is 15.7 Å². The first-order chi connectivity index (χ1) is 9.00. The summed E-state index contributed by atoms with van der Waals surface area (Å²) < 4.78 is 0. The molecule has 0 saturated heterocycles. The number of nitrogen functional groups attached to an aromatic ring is 1. The number of hydrogen-bond donors (Lipinski definition) is 2. The number of hydrogen-bond acceptors (Lipinski definition) is 6. The van der Waals surface area contributed by atoms with Gasteiger partial charge in [0, 0.05) is 5.38 Å². The van der Waals surface area contributed by atoms with E-state index in [-0.39, 0.29) is 17.0 Å². The highest BCUT2D eigenvalue weighted by Gasteiger charge is 2.30. The molecule has 0 amide bonds. The number of aliphatic carboxylic acids is 1. The van der Waals surface area contributed by atoms with Crippen LogP contribution in [0.1, 0.15) is 44.7 Å². The van der Waals surface area contributed by atoms with Crippen LogP contribution in [-0.2, 0) is 9.63 Å². The Labute approximate surface area is 115 Å². The lowest BCUT2D eigenvalue weighted by Crippen LogP contribution is -2.30. The maximum atomic E-state index is 11.2. The molecule has 0 spiro atoms. The van der Waals surface area contributed by atoms with Crippen molar-refractivity contribution in [3.63, 3.8) is 0 Å². The van der Waals surface area contributed by atoms with Gasteiger partial charge in [0.25, 0.3) is 0 Å². The van der Waals surface area contributed by atoms with Crippen molar-refractivity contribution in [2.75, 3.05) is 5.73 Å². The predicted molar refractivity (Wildman–Crippen MR) is 73.3 cm³/mol. The molecular weight excluding hydrogens is 266 g/mol. The van der Waals surface area contributed by atoms with Gasteiger partial charge >= 0.3 is 5.97 Å². The molecule has 1 aromatic heterocycles. The van der Waals surface area contributed by atoms with Crippen LogP contribution in [0.5, 0.6) is 0 Å². The Kier molecular flexibility index (Phi) is 4.04. The molecule has 0 aliphatic heterocycles. The molecule has 6 nitrogen and oxygen atoms in total. The van der Waals surface area contributed by atoms with Crippen molar-refractivity contribution in [1.82, 2.24) is 4.98 Å². The van der Waals surface area contributed by atoms with Gasteiger partial charge in [0.05, 0.1) is 0 Å². The summed E-state index contributed by atoms with van der Waals surface area (Å²) in [6, 6.07) is 0. The summed E-state index contributed by atoms with van der Waals surface area (Å²) in [6.07, 6.45) is 5.14. The van der Waals surface area contributed by atoms with Gasteiger partial charge in [-0.1, -0.05) is 11.6 Å². The van der Waals surface area contributed by atoms with E-state index in [1.807, 2.05) is 6.92 Å². The van der Waals surface area contributed by atoms with E-state index in [9.17, 15) is 4.79 Å². The minimum absolute atomic E-state index is 0.195. The summed E-state index contributed by atoms with van der Waals surface area (Å²) in [4.78, 5) is 20.6. The SMILES string of the molecule is CC1(O/N=C(\C(=O)O)c2csc(N)n2)CCCCC1. The molecule has 1 heterocycles. The van der Waals surface area contributed by atoms with E-state index in [0.717, 1.165) is 25.7 Å². The highest BCUT2D eigenvalue weighted by Crippen LogP contribution is 2.31. The van der Waals surface area contributed by atoms with Crippen molar-refractivity contribution >= 4 is 28.1 Å². The molecule has 1 aliphatic rings. The van der Waals surface area contributed by atoms with E-state index in [0.29, 0.717) is 5.13 Å². The smallest absolute Gasteiger partial charge is 0.360 e. The quantitative estimate of drug-likeness (QED) is 0.652. The Hall–Kier alpha value is -1.63. The average Bonchev–Trinajstić information content (AvgIpc) is 2.76. The monoisotopic (exact) mass is 283 g/mol. The summed E-state index contributed by atoms with van der Waals surface area (Å²) in [7, 11) is 0. The van der Waals surface area contributed by atoms with Crippen LogP contribution in [0.2, 0.25) is 0 Å². The topological polar surface area (TPSA) is 97.8 Å². The third-order valence-electron chi connectivity index (χ3n) is 3.24. The standard InChI is InChI=1S/C12H17N3O3S/c1-12(5-3-2-4-6-12)18-15-9(10(16)17)8-7-19-11(13)14-8/h7H,2-6H2,1H3,(H2,13,14)(H,16,17)/b15-9-. The van der Waals surface area contributed by atoms with E-state index >= 15 is 0 Å². The van der Waals surface area contributed by atoms with Crippen molar-refractivity contribution in [3.05, 3.63) is 11.1 Å². The van der Waals surface area contributed by atoms with Crippen LogP contribution in [0.25, 0.3) is 0 Å². The average molecular weight is 283 g/mol. The van der Waals surface area contributed by atoms with E-state index in [1.165, 1.54) is 17.8 Å². The predicted octanol–water partition coefficient (Wildman–Crippen LogP) is 2.25. The molecule has 3 N–H and O–H groups in total. The number of carboxylic acids is 1. The maximum Gasteiger partial charge on any atom is 0.360 e. The summed E-state index contributed by atoms with van der Waals surface area (Å²) in [5, 5.41) is 14.8. The Bertz CT molecular complexity index is 492. The van der Waals surface area contributed by atoms with Gasteiger partial charge in [0.15, 0.2) is 5.13 Å². The second-order valence-electron chi connectivity index (χ2n) is 4.92. The number of aromatic nitrogens is 1. The first kappa shape index (κ1) is 13.8. The number of anilines is 1. The van der Waals surface area contributed by atoms with Crippen molar-refractivity contribution in [1.29, 1.82) is 0 Å². The highest BCUT2D eigenvalue weighted by atomic mass is 32.1. The van der Waals surface area contributed by atoms with Gasteiger partial charge in [-0.15, -0.1) is 11.3 Å². The summed E-state index contributed by atoms with van der Waals surface area (Å²) >= 11 is 1.18. The minimum atomic E-state index is -1.16. The van der Waals surface area contributed by atoms with Gasteiger partial charge in [-0.3, -0.25) is 0 Å². The van der Waals surface area contributed by atoms with Gasteiger partial charge in [-0.05, 0) is 32.6 Å². The van der Waals surface area contributed by atoms with E-state index < -0.39 is 5.97 Å². The molecular formula is C12H17N3O3S. The number of nitrogens with two attached hydrogens (primary N) is 1. The molecule has 0 radical (unpaired) electrons. The lowest BCUT2D eigenvalue weighted by Gasteiger charge is -2.30. The summed E-state index contributed by atoms with van der Waals surface area (Å²) in [5.41, 5.74) is 5.18. The largest absolute Gasteiger partial charge is 0.476 e. The van der Waals surface area contributed by atoms with Crippen molar-refractivity contribution in [2.24, 2.45) is 5.16 Å². The zero-order valence-corrected chi connectivity index (χ0v) is 11.6. The molecule has 1 saturated carbocycles. The molecule has 1 aliphatic carbocycles. The van der Waals surface area contributed by atoms with Crippen LogP contribution < -0.4 is 5.73 Å². The van der Waals surface area contributed by atoms with Crippen LogP contribution in [0.15, 0.2) is 10.5 Å². The third-order valence-corrected chi connectivity index (χ3v) is 3.91. The molecule has 0 unspecified atom stereocenters. The van der Waals surface area contributed by atoms with Gasteiger partial charge in [-0.25, -0.2) is 9.78 Å². The molecule has 1 aromatic rings. The molecule has 104 valence electrons. The lowest BCUT2D eigenvalue weighted by atomic mass is 9.87. The van der Waals surface area contributed by atoms with Gasteiger partial charge in [0.2, 0.25) is 5.71 Å². The lowest BCUT2D eigenvalue weighted by molar-refractivity contribution is -0.129. The van der Waals surface area contributed by atoms with Gasteiger partial charge < -0.3 is 15.7 Å². The number of oxime groups is 1.